The lowest BCUT2D eigenvalue weighted by molar-refractivity contribution is 0.866. The molecule has 0 radical (unpaired) electrons. The summed E-state index contributed by atoms with van der Waals surface area (Å²) in [6.45, 7) is 8.88. The average molecular weight is 352 g/mol. The van der Waals surface area contributed by atoms with Gasteiger partial charge < -0.3 is 0 Å². The van der Waals surface area contributed by atoms with Gasteiger partial charge in [0.15, 0.2) is 0 Å². The molecule has 0 rings (SSSR count). The van der Waals surface area contributed by atoms with Gasteiger partial charge >= 0.3 is 0 Å². The summed E-state index contributed by atoms with van der Waals surface area (Å²) in [7, 11) is -3.77. The maximum Gasteiger partial charge on any atom is 0.233 e. The molecule has 0 aliphatic heterocycles. The van der Waals surface area contributed by atoms with E-state index in [1.54, 1.807) is 0 Å². The van der Waals surface area contributed by atoms with Crippen LogP contribution in [0.25, 0.3) is 0 Å². The van der Waals surface area contributed by atoms with Crippen LogP contribution in [0.1, 0.15) is 66.2 Å². The van der Waals surface area contributed by atoms with Crippen molar-refractivity contribution in [1.82, 2.24) is 0 Å². The van der Waals surface area contributed by atoms with E-state index in [2.05, 4.69) is 38.8 Å². The highest BCUT2D eigenvalue weighted by molar-refractivity contribution is 7.28. The normalized spacial score (nSPS) is 16.9. The Morgan fingerprint density at radius 1 is 0.600 bits per heavy atom. The summed E-state index contributed by atoms with van der Waals surface area (Å²) >= 11 is 13.8. The Hall–Kier alpha value is 0.574. The number of unbranched alkanes of at least 4 members (excludes halogenated alkanes) is 2. The van der Waals surface area contributed by atoms with Gasteiger partial charge in [0.25, 0.3) is 0 Å². The van der Waals surface area contributed by atoms with Crippen molar-refractivity contribution in [3.63, 3.8) is 0 Å². The lowest BCUT2D eigenvalue weighted by Gasteiger charge is -2.20. The Kier molecular flexibility index (Phi) is 11.5. The highest BCUT2D eigenvalue weighted by Crippen LogP contribution is 2.28. The highest BCUT2D eigenvalue weighted by Gasteiger charge is 2.31. The summed E-state index contributed by atoms with van der Waals surface area (Å²) in [5.74, 6) is 0. The molecule has 0 nitrogen and oxygen atoms in total. The summed E-state index contributed by atoms with van der Waals surface area (Å²) in [6, 6.07) is 4.49. The van der Waals surface area contributed by atoms with E-state index in [0.29, 0.717) is 0 Å². The first kappa shape index (κ1) is 20.6. The molecule has 0 amide bonds. The Morgan fingerprint density at radius 3 is 1.20 bits per heavy atom. The highest BCUT2D eigenvalue weighted by atomic mass is 35.6. The van der Waals surface area contributed by atoms with Crippen LogP contribution in [0.5, 0.6) is 0 Å². The first-order valence-corrected chi connectivity index (χ1v) is 15.2. The summed E-state index contributed by atoms with van der Waals surface area (Å²) < 4.78 is 0. The van der Waals surface area contributed by atoms with Gasteiger partial charge in [-0.1, -0.05) is 66.2 Å². The van der Waals surface area contributed by atoms with E-state index >= 15 is 0 Å². The largest absolute Gasteiger partial charge is 0.233 e. The van der Waals surface area contributed by atoms with Crippen molar-refractivity contribution >= 4 is 36.9 Å². The smallest absolute Gasteiger partial charge is 0.150 e. The number of hydrogen-bond donors (Lipinski definition) is 0. The minimum Gasteiger partial charge on any atom is -0.150 e. The first-order valence-electron chi connectivity index (χ1n) is 8.37. The fourth-order valence-corrected chi connectivity index (χ4v) is 11.4. The lowest BCUT2D eigenvalue weighted by atomic mass is 10.4. The van der Waals surface area contributed by atoms with Crippen molar-refractivity contribution in [2.24, 2.45) is 0 Å². The molecular weight excluding hydrogens is 319 g/mol. The number of halogens is 2. The lowest BCUT2D eigenvalue weighted by Crippen LogP contribution is -2.29. The minimum absolute atomic E-state index is 1.11. The van der Waals surface area contributed by atoms with Crippen molar-refractivity contribution < 1.29 is 0 Å². The van der Waals surface area contributed by atoms with Crippen LogP contribution in [-0.4, -0.2) is 14.8 Å². The van der Waals surface area contributed by atoms with E-state index in [1.165, 1.54) is 25.7 Å². The van der Waals surface area contributed by atoms with E-state index in [-0.39, 0.29) is 0 Å². The van der Waals surface area contributed by atoms with Crippen molar-refractivity contribution in [3.05, 3.63) is 0 Å². The van der Waals surface area contributed by atoms with Gasteiger partial charge in [0, 0.05) is 0 Å². The SMILES string of the molecule is CCCC[Si](Cl)(C#C[Si](Cl)(CCC)CCCC)CCC. The van der Waals surface area contributed by atoms with Gasteiger partial charge in [-0.2, -0.15) is 22.2 Å². The second-order valence-corrected chi connectivity index (χ2v) is 16.6. The van der Waals surface area contributed by atoms with Crippen LogP contribution in [0.15, 0.2) is 0 Å². The first-order chi connectivity index (χ1) is 9.45. The van der Waals surface area contributed by atoms with Gasteiger partial charge in [-0.05, 0) is 24.2 Å². The maximum atomic E-state index is 6.89. The molecular formula is C16H32Cl2Si2. The third kappa shape index (κ3) is 8.77. The second kappa shape index (κ2) is 11.2. The van der Waals surface area contributed by atoms with Crippen LogP contribution in [0, 0.1) is 11.1 Å². The molecule has 2 unspecified atom stereocenters. The molecule has 0 aliphatic rings. The van der Waals surface area contributed by atoms with Gasteiger partial charge in [-0.15, -0.1) is 11.1 Å². The zero-order valence-corrected chi connectivity index (χ0v) is 17.3. The van der Waals surface area contributed by atoms with E-state index < -0.39 is 14.8 Å². The number of hydrogen-bond acceptors (Lipinski definition) is 0. The van der Waals surface area contributed by atoms with E-state index in [9.17, 15) is 0 Å². The molecule has 4 heteroatoms. The molecule has 0 bridgehead atoms. The molecule has 0 saturated heterocycles. The molecule has 0 aromatic carbocycles. The van der Waals surface area contributed by atoms with E-state index in [4.69, 9.17) is 22.2 Å². The molecule has 0 saturated carbocycles. The summed E-state index contributed by atoms with van der Waals surface area (Å²) in [5.41, 5.74) is 7.10. The summed E-state index contributed by atoms with van der Waals surface area (Å²) in [6.07, 6.45) is 7.14. The van der Waals surface area contributed by atoms with Gasteiger partial charge in [0.2, 0.25) is 14.8 Å². The summed E-state index contributed by atoms with van der Waals surface area (Å²) in [5, 5.41) is 0. The van der Waals surface area contributed by atoms with Gasteiger partial charge in [0.05, 0.1) is 0 Å². The van der Waals surface area contributed by atoms with Crippen LogP contribution in [0.4, 0.5) is 0 Å². The van der Waals surface area contributed by atoms with Gasteiger partial charge in [-0.3, -0.25) is 0 Å². The Balaban J connectivity index is 4.94. The van der Waals surface area contributed by atoms with E-state index in [0.717, 1.165) is 37.0 Å². The fraction of sp³-hybridized carbons (Fsp3) is 0.875. The third-order valence-electron chi connectivity index (χ3n) is 3.66. The van der Waals surface area contributed by atoms with Crippen LogP contribution < -0.4 is 0 Å². The molecule has 0 heterocycles. The second-order valence-electron chi connectivity index (χ2n) is 5.89. The van der Waals surface area contributed by atoms with Crippen molar-refractivity contribution in [2.45, 2.75) is 90.4 Å². The number of rotatable bonds is 10. The molecule has 0 aliphatic carbocycles. The standard InChI is InChI=1S/C16H32Cl2Si2/c1-5-9-13-19(17,11-7-3)15-16-20(18,12-8-4)14-10-6-2/h5-14H2,1-4H3. The monoisotopic (exact) mass is 350 g/mol. The van der Waals surface area contributed by atoms with Gasteiger partial charge in [0.1, 0.15) is 0 Å². The molecule has 0 spiro atoms. The molecule has 0 N–H and O–H groups in total. The Labute approximate surface area is 138 Å². The third-order valence-corrected chi connectivity index (χ3v) is 12.8. The Bertz CT molecular complexity index is 283. The Morgan fingerprint density at radius 2 is 0.950 bits per heavy atom. The van der Waals surface area contributed by atoms with Crippen molar-refractivity contribution in [3.8, 4) is 11.1 Å². The van der Waals surface area contributed by atoms with Crippen molar-refractivity contribution in [2.75, 3.05) is 0 Å². The molecule has 0 aromatic rings. The zero-order valence-electron chi connectivity index (χ0n) is 13.8. The van der Waals surface area contributed by atoms with Gasteiger partial charge in [-0.25, -0.2) is 0 Å². The molecule has 0 fully saturated rings. The summed E-state index contributed by atoms with van der Waals surface area (Å²) in [4.78, 5) is 0. The molecule has 20 heavy (non-hydrogen) atoms. The van der Waals surface area contributed by atoms with Crippen molar-refractivity contribution in [1.29, 1.82) is 0 Å². The quantitative estimate of drug-likeness (QED) is 0.229. The average Bonchev–Trinajstić information content (AvgIpc) is 2.42. The topological polar surface area (TPSA) is 0 Å². The zero-order chi connectivity index (χ0) is 15.5. The predicted molar refractivity (Wildman–Crippen MR) is 101 cm³/mol. The van der Waals surface area contributed by atoms with Crippen LogP contribution in [0.3, 0.4) is 0 Å². The predicted octanol–water partition coefficient (Wildman–Crippen LogP) is 6.86. The molecule has 2 atom stereocenters. The van der Waals surface area contributed by atoms with Crippen LogP contribution in [0.2, 0.25) is 24.2 Å². The fourth-order valence-electron chi connectivity index (χ4n) is 2.43. The van der Waals surface area contributed by atoms with Crippen LogP contribution in [-0.2, 0) is 0 Å². The minimum atomic E-state index is -1.89. The van der Waals surface area contributed by atoms with Crippen LogP contribution >= 0.6 is 22.2 Å². The molecule has 118 valence electrons. The maximum absolute atomic E-state index is 6.89. The van der Waals surface area contributed by atoms with E-state index in [1.807, 2.05) is 0 Å². The molecule has 0 aromatic heterocycles.